The summed E-state index contributed by atoms with van der Waals surface area (Å²) in [5.74, 6) is 0.864. The van der Waals surface area contributed by atoms with Gasteiger partial charge in [-0.3, -0.25) is 4.90 Å². The van der Waals surface area contributed by atoms with E-state index in [1.807, 2.05) is 0 Å². The highest BCUT2D eigenvalue weighted by molar-refractivity contribution is 5.15. The van der Waals surface area contributed by atoms with Gasteiger partial charge in [0.15, 0.2) is 0 Å². The predicted octanol–water partition coefficient (Wildman–Crippen LogP) is 2.65. The number of hydrogen-bond donors (Lipinski definition) is 1. The van der Waals surface area contributed by atoms with Gasteiger partial charge >= 0.3 is 0 Å². The first-order chi connectivity index (χ1) is 8.92. The first kappa shape index (κ1) is 12.2. The maximum Gasteiger partial charge on any atom is 0.0236 e. The van der Waals surface area contributed by atoms with Crippen LogP contribution in [-0.4, -0.2) is 30.6 Å². The van der Waals surface area contributed by atoms with Crippen LogP contribution in [0.4, 0.5) is 0 Å². The molecule has 2 nitrogen and oxygen atoms in total. The van der Waals surface area contributed by atoms with Crippen LogP contribution in [0.2, 0.25) is 0 Å². The number of hydrogen-bond acceptors (Lipinski definition) is 2. The summed E-state index contributed by atoms with van der Waals surface area (Å²) >= 11 is 0. The second-order valence-corrected chi connectivity index (χ2v) is 5.86. The van der Waals surface area contributed by atoms with Crippen molar-refractivity contribution in [3.63, 3.8) is 0 Å². The van der Waals surface area contributed by atoms with Gasteiger partial charge in [0.25, 0.3) is 0 Å². The van der Waals surface area contributed by atoms with Crippen LogP contribution in [-0.2, 0) is 6.54 Å². The standard InChI is InChI=1S/C16H24N2/c1-2-5-14(6-3-1)12-18(16-8-9-16)13-15-7-4-10-17-11-15/h1-3,5-6,15-17H,4,7-13H2. The fourth-order valence-corrected chi connectivity index (χ4v) is 3.01. The molecule has 1 aliphatic carbocycles. The average Bonchev–Trinajstić information content (AvgIpc) is 3.25. The zero-order valence-corrected chi connectivity index (χ0v) is 11.1. The highest BCUT2D eigenvalue weighted by Gasteiger charge is 2.30. The molecular formula is C16H24N2. The minimum Gasteiger partial charge on any atom is -0.316 e. The van der Waals surface area contributed by atoms with Crippen molar-refractivity contribution in [1.29, 1.82) is 0 Å². The molecule has 2 heteroatoms. The summed E-state index contributed by atoms with van der Waals surface area (Å²) < 4.78 is 0. The molecule has 1 saturated carbocycles. The number of rotatable bonds is 5. The maximum absolute atomic E-state index is 3.54. The highest BCUT2D eigenvalue weighted by atomic mass is 15.2. The number of piperidine rings is 1. The molecule has 0 aromatic heterocycles. The Bertz CT molecular complexity index is 353. The second kappa shape index (κ2) is 5.85. The van der Waals surface area contributed by atoms with Crippen molar-refractivity contribution in [3.05, 3.63) is 35.9 Å². The molecule has 0 amide bonds. The van der Waals surface area contributed by atoms with Crippen molar-refractivity contribution in [2.45, 2.75) is 38.3 Å². The topological polar surface area (TPSA) is 15.3 Å². The zero-order valence-electron chi connectivity index (χ0n) is 11.1. The Balaban J connectivity index is 1.58. The number of nitrogens with one attached hydrogen (secondary N) is 1. The molecule has 18 heavy (non-hydrogen) atoms. The molecule has 2 aliphatic rings. The Kier molecular flexibility index (Phi) is 3.96. The Morgan fingerprint density at radius 1 is 1.11 bits per heavy atom. The van der Waals surface area contributed by atoms with E-state index in [-0.39, 0.29) is 0 Å². The molecule has 3 rings (SSSR count). The summed E-state index contributed by atoms with van der Waals surface area (Å²) in [6, 6.07) is 11.8. The Labute approximate surface area is 110 Å². The fourth-order valence-electron chi connectivity index (χ4n) is 3.01. The molecule has 0 bridgehead atoms. The molecule has 1 N–H and O–H groups in total. The summed E-state index contributed by atoms with van der Waals surface area (Å²) in [4.78, 5) is 2.72. The quantitative estimate of drug-likeness (QED) is 0.856. The minimum atomic E-state index is 0.864. The molecule has 1 unspecified atom stereocenters. The first-order valence-electron chi connectivity index (χ1n) is 7.40. The van der Waals surface area contributed by atoms with E-state index in [0.29, 0.717) is 0 Å². The van der Waals surface area contributed by atoms with Crippen LogP contribution in [0.3, 0.4) is 0 Å². The molecule has 1 saturated heterocycles. The summed E-state index contributed by atoms with van der Waals surface area (Å²) in [6.07, 6.45) is 5.58. The van der Waals surface area contributed by atoms with E-state index in [2.05, 4.69) is 40.5 Å². The first-order valence-corrected chi connectivity index (χ1v) is 7.40. The molecule has 1 atom stereocenters. The Morgan fingerprint density at radius 2 is 1.94 bits per heavy atom. The summed E-state index contributed by atoms with van der Waals surface area (Å²) in [7, 11) is 0. The largest absolute Gasteiger partial charge is 0.316 e. The van der Waals surface area contributed by atoms with Crippen LogP contribution in [0.5, 0.6) is 0 Å². The van der Waals surface area contributed by atoms with E-state index in [4.69, 9.17) is 0 Å². The normalized spacial score (nSPS) is 24.4. The monoisotopic (exact) mass is 244 g/mol. The van der Waals surface area contributed by atoms with Crippen molar-refractivity contribution in [2.24, 2.45) is 5.92 Å². The zero-order chi connectivity index (χ0) is 12.2. The third kappa shape index (κ3) is 3.33. The van der Waals surface area contributed by atoms with E-state index >= 15 is 0 Å². The lowest BCUT2D eigenvalue weighted by molar-refractivity contribution is 0.193. The van der Waals surface area contributed by atoms with Gasteiger partial charge in [-0.25, -0.2) is 0 Å². The smallest absolute Gasteiger partial charge is 0.0236 e. The van der Waals surface area contributed by atoms with Crippen LogP contribution in [0.15, 0.2) is 30.3 Å². The van der Waals surface area contributed by atoms with Crippen LogP contribution in [0.1, 0.15) is 31.2 Å². The van der Waals surface area contributed by atoms with Crippen molar-refractivity contribution < 1.29 is 0 Å². The van der Waals surface area contributed by atoms with Gasteiger partial charge in [0.1, 0.15) is 0 Å². The van der Waals surface area contributed by atoms with Crippen molar-refractivity contribution in [2.75, 3.05) is 19.6 Å². The summed E-state index contributed by atoms with van der Waals surface area (Å²) in [6.45, 7) is 4.87. The molecule has 0 spiro atoms. The Hall–Kier alpha value is -0.860. The lowest BCUT2D eigenvalue weighted by Crippen LogP contribution is -2.39. The molecule has 0 radical (unpaired) electrons. The molecule has 1 aliphatic heterocycles. The SMILES string of the molecule is c1ccc(CN(CC2CCCNC2)C2CC2)cc1. The summed E-state index contributed by atoms with van der Waals surface area (Å²) in [5.41, 5.74) is 1.47. The lowest BCUT2D eigenvalue weighted by Gasteiger charge is -2.30. The predicted molar refractivity (Wildman–Crippen MR) is 75.5 cm³/mol. The second-order valence-electron chi connectivity index (χ2n) is 5.86. The van der Waals surface area contributed by atoms with Crippen LogP contribution >= 0.6 is 0 Å². The fraction of sp³-hybridized carbons (Fsp3) is 0.625. The average molecular weight is 244 g/mol. The third-order valence-electron chi connectivity index (χ3n) is 4.18. The lowest BCUT2D eigenvalue weighted by atomic mass is 9.98. The van der Waals surface area contributed by atoms with Crippen molar-refractivity contribution in [1.82, 2.24) is 10.2 Å². The molecule has 1 aromatic rings. The van der Waals surface area contributed by atoms with Crippen LogP contribution < -0.4 is 5.32 Å². The van der Waals surface area contributed by atoms with E-state index < -0.39 is 0 Å². The summed E-state index contributed by atoms with van der Waals surface area (Å²) in [5, 5.41) is 3.54. The van der Waals surface area contributed by atoms with E-state index in [1.165, 1.54) is 50.9 Å². The number of benzene rings is 1. The van der Waals surface area contributed by atoms with Gasteiger partial charge in [0.2, 0.25) is 0 Å². The van der Waals surface area contributed by atoms with Gasteiger partial charge in [0.05, 0.1) is 0 Å². The van der Waals surface area contributed by atoms with Crippen molar-refractivity contribution in [3.8, 4) is 0 Å². The van der Waals surface area contributed by atoms with Gasteiger partial charge in [-0.15, -0.1) is 0 Å². The van der Waals surface area contributed by atoms with Crippen LogP contribution in [0, 0.1) is 5.92 Å². The Morgan fingerprint density at radius 3 is 2.61 bits per heavy atom. The molecule has 1 aromatic carbocycles. The van der Waals surface area contributed by atoms with Gasteiger partial charge in [0, 0.05) is 19.1 Å². The maximum atomic E-state index is 3.54. The van der Waals surface area contributed by atoms with E-state index in [9.17, 15) is 0 Å². The third-order valence-corrected chi connectivity index (χ3v) is 4.18. The van der Waals surface area contributed by atoms with E-state index in [0.717, 1.165) is 18.5 Å². The van der Waals surface area contributed by atoms with Gasteiger partial charge < -0.3 is 5.32 Å². The molecular weight excluding hydrogens is 220 g/mol. The van der Waals surface area contributed by atoms with Gasteiger partial charge in [-0.05, 0) is 50.3 Å². The van der Waals surface area contributed by atoms with Crippen molar-refractivity contribution >= 4 is 0 Å². The highest BCUT2D eigenvalue weighted by Crippen LogP contribution is 2.29. The van der Waals surface area contributed by atoms with Crippen LogP contribution in [0.25, 0.3) is 0 Å². The molecule has 1 heterocycles. The molecule has 2 fully saturated rings. The van der Waals surface area contributed by atoms with E-state index in [1.54, 1.807) is 0 Å². The minimum absolute atomic E-state index is 0.864. The van der Waals surface area contributed by atoms with Gasteiger partial charge in [-0.1, -0.05) is 30.3 Å². The number of nitrogens with zero attached hydrogens (tertiary/aromatic N) is 1. The molecule has 98 valence electrons. The van der Waals surface area contributed by atoms with Gasteiger partial charge in [-0.2, -0.15) is 0 Å².